The number of rotatable bonds is 7. The lowest BCUT2D eigenvalue weighted by atomic mass is 10.0. The highest BCUT2D eigenvalue weighted by molar-refractivity contribution is 7.26. The van der Waals surface area contributed by atoms with Crippen molar-refractivity contribution in [1.82, 2.24) is 34.1 Å². The normalized spacial score (nSPS) is 12.0. The van der Waals surface area contributed by atoms with Crippen LogP contribution in [0.1, 0.15) is 0 Å². The maximum Gasteiger partial charge on any atom is 0.235 e. The van der Waals surface area contributed by atoms with Gasteiger partial charge in [0, 0.05) is 95.4 Å². The molecule has 0 N–H and O–H groups in total. The Bertz CT molecular complexity index is 5190. The molecule has 0 aliphatic rings. The van der Waals surface area contributed by atoms with E-state index in [-0.39, 0.29) is 0 Å². The highest BCUT2D eigenvalue weighted by atomic mass is 32.1. The van der Waals surface area contributed by atoms with Crippen LogP contribution in [0, 0.1) is 0 Å². The summed E-state index contributed by atoms with van der Waals surface area (Å²) < 4.78 is 9.77. The van der Waals surface area contributed by atoms with Gasteiger partial charge in [-0.05, 0) is 95.7 Å². The van der Waals surface area contributed by atoms with E-state index in [1.165, 1.54) is 51.1 Å². The Balaban J connectivity index is 0.859. The molecular weight excluding hydrogens is 1010 g/mol. The van der Waals surface area contributed by atoms with Gasteiger partial charge in [0.2, 0.25) is 5.95 Å². The average molecular weight is 1060 g/mol. The van der Waals surface area contributed by atoms with Gasteiger partial charge < -0.3 is 4.57 Å². The SMILES string of the molecule is c1ccc(-c2nc(-c3ccccc3)nc(-c3ccc4ccc(-n5c6ccccc6c6c7c8ccccc8n(-c8nc(-c9ccc%10sc%11ccccc%11c%10c9)cc(-c9ccc%10sc%11ccccc%11c%10c9)n8)c7ccc65)cc4c3)n2)cc1. The molecule has 0 atom stereocenters. The van der Waals surface area contributed by atoms with Gasteiger partial charge in [0.1, 0.15) is 0 Å². The summed E-state index contributed by atoms with van der Waals surface area (Å²) in [5.41, 5.74) is 12.0. The van der Waals surface area contributed by atoms with Gasteiger partial charge in [0.05, 0.1) is 33.5 Å². The van der Waals surface area contributed by atoms with Gasteiger partial charge in [-0.15, -0.1) is 22.7 Å². The van der Waals surface area contributed by atoms with E-state index >= 15 is 0 Å². The van der Waals surface area contributed by atoms with Gasteiger partial charge in [0.15, 0.2) is 17.5 Å². The molecule has 17 rings (SSSR count). The molecule has 11 aromatic carbocycles. The third-order valence-electron chi connectivity index (χ3n) is 15.8. The zero-order valence-corrected chi connectivity index (χ0v) is 44.3. The Kier molecular flexibility index (Phi) is 9.92. The van der Waals surface area contributed by atoms with Crippen LogP contribution >= 0.6 is 22.7 Å². The minimum absolute atomic E-state index is 0.618. The van der Waals surface area contributed by atoms with Crippen LogP contribution in [-0.4, -0.2) is 34.1 Å². The fraction of sp³-hybridized carbons (Fsp3) is 0. The number of fused-ring (bicyclic) bond motifs is 14. The molecule has 6 aromatic heterocycles. The summed E-state index contributed by atoms with van der Waals surface area (Å²) in [6.45, 7) is 0. The third kappa shape index (κ3) is 7.08. The molecule has 6 heterocycles. The van der Waals surface area contributed by atoms with E-state index in [0.29, 0.717) is 23.4 Å². The highest BCUT2D eigenvalue weighted by Crippen LogP contribution is 2.44. The summed E-state index contributed by atoms with van der Waals surface area (Å²) in [5, 5.41) is 11.8. The van der Waals surface area contributed by atoms with Gasteiger partial charge in [0.25, 0.3) is 0 Å². The van der Waals surface area contributed by atoms with E-state index in [2.05, 4.69) is 197 Å². The summed E-state index contributed by atoms with van der Waals surface area (Å²) >= 11 is 3.66. The molecule has 80 heavy (non-hydrogen) atoms. The van der Waals surface area contributed by atoms with Crippen LogP contribution in [0.5, 0.6) is 0 Å². The van der Waals surface area contributed by atoms with Crippen molar-refractivity contribution in [1.29, 1.82) is 0 Å². The quantitative estimate of drug-likeness (QED) is 0.159. The molecule has 0 spiro atoms. The summed E-state index contributed by atoms with van der Waals surface area (Å²) in [6.07, 6.45) is 0. The van der Waals surface area contributed by atoms with Crippen molar-refractivity contribution in [3.63, 3.8) is 0 Å². The van der Waals surface area contributed by atoms with Crippen LogP contribution in [0.4, 0.5) is 0 Å². The molecule has 0 saturated carbocycles. The van der Waals surface area contributed by atoms with E-state index < -0.39 is 0 Å². The zero-order valence-electron chi connectivity index (χ0n) is 42.6. The first-order valence-corrected chi connectivity index (χ1v) is 28.3. The number of hydrogen-bond donors (Lipinski definition) is 0. The Morgan fingerprint density at radius 3 is 1.29 bits per heavy atom. The van der Waals surface area contributed by atoms with Crippen LogP contribution in [0.2, 0.25) is 0 Å². The van der Waals surface area contributed by atoms with Gasteiger partial charge in [-0.1, -0.05) is 164 Å². The van der Waals surface area contributed by atoms with E-state index in [4.69, 9.17) is 24.9 Å². The number of aromatic nitrogens is 7. The van der Waals surface area contributed by atoms with E-state index in [1.807, 2.05) is 83.3 Å². The van der Waals surface area contributed by atoms with E-state index in [1.54, 1.807) is 0 Å². The predicted octanol–water partition coefficient (Wildman–Crippen LogP) is 19.1. The fourth-order valence-electron chi connectivity index (χ4n) is 12.1. The smallest absolute Gasteiger partial charge is 0.235 e. The molecule has 0 radical (unpaired) electrons. The molecule has 0 aliphatic carbocycles. The molecule has 0 saturated heterocycles. The minimum Gasteiger partial charge on any atom is -0.309 e. The topological polar surface area (TPSA) is 74.3 Å². The predicted molar refractivity (Wildman–Crippen MR) is 335 cm³/mol. The van der Waals surface area contributed by atoms with Crippen molar-refractivity contribution in [3.8, 4) is 68.3 Å². The van der Waals surface area contributed by atoms with Crippen LogP contribution < -0.4 is 0 Å². The maximum absolute atomic E-state index is 5.58. The molecule has 0 fully saturated rings. The lowest BCUT2D eigenvalue weighted by Gasteiger charge is -2.13. The Morgan fingerprint density at radius 2 is 0.713 bits per heavy atom. The lowest BCUT2D eigenvalue weighted by molar-refractivity contribution is 0.996. The van der Waals surface area contributed by atoms with E-state index in [9.17, 15) is 0 Å². The Morgan fingerprint density at radius 1 is 0.263 bits per heavy atom. The summed E-state index contributed by atoms with van der Waals surface area (Å²) in [5.74, 6) is 2.51. The fourth-order valence-corrected chi connectivity index (χ4v) is 14.2. The van der Waals surface area contributed by atoms with Crippen molar-refractivity contribution in [2.75, 3.05) is 0 Å². The average Bonchev–Trinajstić information content (AvgIpc) is 4.29. The standard InChI is InChI=1S/C71H41N7S2/c1-3-15-43(16-4-1)68-74-69(44-17-5-2-6-18-44)76-70(75-68)47-28-27-42-29-32-49(38-48(42)37-47)77-58-23-11-7-21-52(58)66-60(77)33-34-61-67(66)53-22-8-12-24-59(53)78(61)71-72-56(45-30-35-64-54(39-45)50-19-9-13-25-62(50)79-64)41-57(73-71)46-31-36-65-55(40-46)51-20-10-14-26-63(51)80-65/h1-41H. The second kappa shape index (κ2) is 17.7. The highest BCUT2D eigenvalue weighted by Gasteiger charge is 2.24. The van der Waals surface area contributed by atoms with Crippen LogP contribution in [0.3, 0.4) is 0 Å². The first-order valence-electron chi connectivity index (χ1n) is 26.7. The first kappa shape index (κ1) is 44.9. The van der Waals surface area contributed by atoms with Crippen molar-refractivity contribution in [2.24, 2.45) is 0 Å². The van der Waals surface area contributed by atoms with Crippen molar-refractivity contribution >= 4 is 117 Å². The molecular formula is C71H41N7S2. The van der Waals surface area contributed by atoms with Gasteiger partial charge in [-0.2, -0.15) is 0 Å². The number of para-hydroxylation sites is 2. The first-order chi connectivity index (χ1) is 39.6. The van der Waals surface area contributed by atoms with Crippen molar-refractivity contribution in [2.45, 2.75) is 0 Å². The summed E-state index contributed by atoms with van der Waals surface area (Å²) in [4.78, 5) is 26.3. The zero-order chi connectivity index (χ0) is 52.4. The monoisotopic (exact) mass is 1060 g/mol. The molecule has 17 aromatic rings. The molecule has 9 heteroatoms. The minimum atomic E-state index is 0.618. The number of benzene rings is 11. The molecule has 0 aliphatic heterocycles. The summed E-state index contributed by atoms with van der Waals surface area (Å²) in [6, 6.07) is 88.7. The second-order valence-electron chi connectivity index (χ2n) is 20.4. The molecule has 0 bridgehead atoms. The van der Waals surface area contributed by atoms with Crippen molar-refractivity contribution in [3.05, 3.63) is 249 Å². The van der Waals surface area contributed by atoms with Gasteiger partial charge >= 0.3 is 0 Å². The van der Waals surface area contributed by atoms with Crippen molar-refractivity contribution < 1.29 is 0 Å². The summed E-state index contributed by atoms with van der Waals surface area (Å²) in [7, 11) is 0. The van der Waals surface area contributed by atoms with Gasteiger partial charge in [-0.25, -0.2) is 24.9 Å². The number of thiophene rings is 2. The maximum atomic E-state index is 5.58. The molecule has 0 amide bonds. The lowest BCUT2D eigenvalue weighted by Crippen LogP contribution is -2.04. The van der Waals surface area contributed by atoms with Gasteiger partial charge in [-0.3, -0.25) is 4.57 Å². The number of hydrogen-bond acceptors (Lipinski definition) is 7. The van der Waals surface area contributed by atoms with Crippen LogP contribution in [0.15, 0.2) is 249 Å². The van der Waals surface area contributed by atoms with E-state index in [0.717, 1.165) is 88.5 Å². The Hall–Kier alpha value is -10.2. The van der Waals surface area contributed by atoms with Crippen LogP contribution in [0.25, 0.3) is 163 Å². The largest absolute Gasteiger partial charge is 0.309 e. The third-order valence-corrected chi connectivity index (χ3v) is 18.1. The Labute approximate surface area is 465 Å². The molecule has 7 nitrogen and oxygen atoms in total. The second-order valence-corrected chi connectivity index (χ2v) is 22.6. The molecule has 0 unspecified atom stereocenters. The van der Waals surface area contributed by atoms with Crippen LogP contribution in [-0.2, 0) is 0 Å². The number of nitrogens with zero attached hydrogens (tertiary/aromatic N) is 7. The molecule has 372 valence electrons.